The van der Waals surface area contributed by atoms with Crippen molar-refractivity contribution in [3.63, 3.8) is 0 Å². The average molecular weight is 273 g/mol. The van der Waals surface area contributed by atoms with Crippen LogP contribution in [0.25, 0.3) is 0 Å². The van der Waals surface area contributed by atoms with Crippen LogP contribution in [-0.2, 0) is 6.18 Å². The van der Waals surface area contributed by atoms with Crippen LogP contribution in [-0.4, -0.2) is 30.0 Å². The quantitative estimate of drug-likeness (QED) is 0.858. The molecule has 104 valence electrons. The maximum Gasteiger partial charge on any atom is 0.433 e. The lowest BCUT2D eigenvalue weighted by Crippen LogP contribution is -2.36. The number of aryl methyl sites for hydroxylation is 1. The van der Waals surface area contributed by atoms with Gasteiger partial charge < -0.3 is 10.6 Å². The molecule has 7 heteroatoms. The molecular weight excluding hydrogens is 259 g/mol. The Bertz CT molecular complexity index is 482. The third-order valence-corrected chi connectivity index (χ3v) is 3.04. The zero-order valence-electron chi connectivity index (χ0n) is 10.3. The Hall–Kier alpha value is -1.63. The van der Waals surface area contributed by atoms with Crippen molar-refractivity contribution < 1.29 is 18.0 Å². The number of aromatic nitrogens is 1. The standard InChI is InChI=1S/C12H14F3N3O/c1-7-4-10(12(13,14)15)17-6-9(7)11(19)18-8-2-3-16-5-8/h4,6,8,16H,2-3,5H2,1H3,(H,18,19)/t8-/m0/s1. The summed E-state index contributed by atoms with van der Waals surface area (Å²) in [7, 11) is 0. The van der Waals surface area contributed by atoms with E-state index in [1.807, 2.05) is 0 Å². The highest BCUT2D eigenvalue weighted by atomic mass is 19.4. The molecule has 0 aliphatic carbocycles. The molecule has 1 aliphatic rings. The largest absolute Gasteiger partial charge is 0.433 e. The van der Waals surface area contributed by atoms with Gasteiger partial charge in [-0.1, -0.05) is 0 Å². The summed E-state index contributed by atoms with van der Waals surface area (Å²) in [5, 5.41) is 5.87. The van der Waals surface area contributed by atoms with Crippen LogP contribution in [0.5, 0.6) is 0 Å². The van der Waals surface area contributed by atoms with Crippen molar-refractivity contribution in [2.45, 2.75) is 25.6 Å². The van der Waals surface area contributed by atoms with E-state index in [1.54, 1.807) is 0 Å². The van der Waals surface area contributed by atoms with Gasteiger partial charge in [0.2, 0.25) is 0 Å². The van der Waals surface area contributed by atoms with Gasteiger partial charge in [-0.05, 0) is 31.5 Å². The minimum atomic E-state index is -4.49. The number of carbonyl (C=O) groups excluding carboxylic acids is 1. The lowest BCUT2D eigenvalue weighted by atomic mass is 10.1. The first-order valence-corrected chi connectivity index (χ1v) is 5.93. The van der Waals surface area contributed by atoms with Gasteiger partial charge in [0, 0.05) is 18.8 Å². The molecule has 1 saturated heterocycles. The van der Waals surface area contributed by atoms with Crippen LogP contribution < -0.4 is 10.6 Å². The number of rotatable bonds is 2. The Morgan fingerprint density at radius 1 is 1.53 bits per heavy atom. The van der Waals surface area contributed by atoms with Crippen molar-refractivity contribution in [3.05, 3.63) is 29.1 Å². The van der Waals surface area contributed by atoms with Crippen LogP contribution in [0.1, 0.15) is 28.0 Å². The molecule has 0 unspecified atom stereocenters. The SMILES string of the molecule is Cc1cc(C(F)(F)F)ncc1C(=O)N[C@H]1CCNC1. The maximum absolute atomic E-state index is 12.5. The molecule has 0 saturated carbocycles. The van der Waals surface area contributed by atoms with E-state index in [1.165, 1.54) is 6.92 Å². The summed E-state index contributed by atoms with van der Waals surface area (Å²) in [6.07, 6.45) is -2.69. The minimum Gasteiger partial charge on any atom is -0.348 e. The van der Waals surface area contributed by atoms with Gasteiger partial charge >= 0.3 is 6.18 Å². The molecule has 0 spiro atoms. The van der Waals surface area contributed by atoms with E-state index in [0.717, 1.165) is 25.2 Å². The summed E-state index contributed by atoms with van der Waals surface area (Å²) in [5.41, 5.74) is -0.533. The Labute approximate surface area is 108 Å². The Kier molecular flexibility index (Phi) is 3.75. The van der Waals surface area contributed by atoms with E-state index in [2.05, 4.69) is 15.6 Å². The maximum atomic E-state index is 12.5. The molecule has 0 radical (unpaired) electrons. The average Bonchev–Trinajstić information content (AvgIpc) is 2.80. The van der Waals surface area contributed by atoms with Crippen LogP contribution >= 0.6 is 0 Å². The molecule has 4 nitrogen and oxygen atoms in total. The number of carbonyl (C=O) groups is 1. The number of amides is 1. The normalized spacial score (nSPS) is 19.5. The van der Waals surface area contributed by atoms with Crippen LogP contribution in [0.4, 0.5) is 13.2 Å². The van der Waals surface area contributed by atoms with Gasteiger partial charge in [-0.25, -0.2) is 0 Å². The lowest BCUT2D eigenvalue weighted by molar-refractivity contribution is -0.141. The second kappa shape index (κ2) is 5.16. The second-order valence-electron chi connectivity index (χ2n) is 4.55. The second-order valence-corrected chi connectivity index (χ2v) is 4.55. The van der Waals surface area contributed by atoms with Gasteiger partial charge in [-0.15, -0.1) is 0 Å². The van der Waals surface area contributed by atoms with Gasteiger partial charge in [0.15, 0.2) is 0 Å². The zero-order valence-corrected chi connectivity index (χ0v) is 10.3. The number of nitrogens with zero attached hydrogens (tertiary/aromatic N) is 1. The third kappa shape index (κ3) is 3.23. The molecule has 2 rings (SSSR count). The van der Waals surface area contributed by atoms with E-state index in [-0.39, 0.29) is 23.1 Å². The molecule has 1 aromatic heterocycles. The van der Waals surface area contributed by atoms with Crippen LogP contribution in [0.3, 0.4) is 0 Å². The van der Waals surface area contributed by atoms with Crippen LogP contribution in [0, 0.1) is 6.92 Å². The fraction of sp³-hybridized carbons (Fsp3) is 0.500. The lowest BCUT2D eigenvalue weighted by Gasteiger charge is -2.13. The van der Waals surface area contributed by atoms with E-state index < -0.39 is 11.9 Å². The Morgan fingerprint density at radius 2 is 2.26 bits per heavy atom. The molecule has 1 atom stereocenters. The molecule has 0 aromatic carbocycles. The molecule has 0 bridgehead atoms. The molecular formula is C12H14F3N3O. The summed E-state index contributed by atoms with van der Waals surface area (Å²) in [6.45, 7) is 2.98. The van der Waals surface area contributed by atoms with E-state index in [4.69, 9.17) is 0 Å². The molecule has 1 fully saturated rings. The van der Waals surface area contributed by atoms with Crippen LogP contribution in [0.2, 0.25) is 0 Å². The number of nitrogens with one attached hydrogen (secondary N) is 2. The number of alkyl halides is 3. The molecule has 1 aromatic rings. The summed E-state index contributed by atoms with van der Waals surface area (Å²) >= 11 is 0. The van der Waals surface area contributed by atoms with E-state index >= 15 is 0 Å². The third-order valence-electron chi connectivity index (χ3n) is 3.04. The highest BCUT2D eigenvalue weighted by molar-refractivity contribution is 5.95. The van der Waals surface area contributed by atoms with Crippen LogP contribution in [0.15, 0.2) is 12.3 Å². The first-order chi connectivity index (χ1) is 8.88. The fourth-order valence-corrected chi connectivity index (χ4v) is 1.99. The summed E-state index contributed by atoms with van der Waals surface area (Å²) in [5.74, 6) is -0.382. The zero-order chi connectivity index (χ0) is 14.0. The van der Waals surface area contributed by atoms with Gasteiger partial charge in [-0.2, -0.15) is 13.2 Å². The number of hydrogen-bond donors (Lipinski definition) is 2. The smallest absolute Gasteiger partial charge is 0.348 e. The molecule has 2 N–H and O–H groups in total. The number of hydrogen-bond acceptors (Lipinski definition) is 3. The molecule has 1 aliphatic heterocycles. The minimum absolute atomic E-state index is 0.0224. The van der Waals surface area contributed by atoms with Crippen molar-refractivity contribution in [2.24, 2.45) is 0 Å². The fourth-order valence-electron chi connectivity index (χ4n) is 1.99. The van der Waals surface area contributed by atoms with Crippen molar-refractivity contribution in [2.75, 3.05) is 13.1 Å². The first kappa shape index (κ1) is 13.8. The van der Waals surface area contributed by atoms with Crippen molar-refractivity contribution in [1.29, 1.82) is 0 Å². The predicted molar refractivity (Wildman–Crippen MR) is 62.7 cm³/mol. The summed E-state index contributed by atoms with van der Waals surface area (Å²) < 4.78 is 37.4. The summed E-state index contributed by atoms with van der Waals surface area (Å²) in [4.78, 5) is 15.2. The Balaban J connectivity index is 2.14. The van der Waals surface area contributed by atoms with Gasteiger partial charge in [-0.3, -0.25) is 9.78 Å². The first-order valence-electron chi connectivity index (χ1n) is 5.93. The highest BCUT2D eigenvalue weighted by Crippen LogP contribution is 2.28. The monoisotopic (exact) mass is 273 g/mol. The van der Waals surface area contributed by atoms with Crippen molar-refractivity contribution in [3.8, 4) is 0 Å². The van der Waals surface area contributed by atoms with Gasteiger partial charge in [0.05, 0.1) is 5.56 Å². The Morgan fingerprint density at radius 3 is 2.79 bits per heavy atom. The van der Waals surface area contributed by atoms with Crippen molar-refractivity contribution in [1.82, 2.24) is 15.6 Å². The van der Waals surface area contributed by atoms with Gasteiger partial charge in [0.1, 0.15) is 5.69 Å². The van der Waals surface area contributed by atoms with Crippen molar-refractivity contribution >= 4 is 5.91 Å². The molecule has 1 amide bonds. The van der Waals surface area contributed by atoms with E-state index in [0.29, 0.717) is 6.54 Å². The number of halogens is 3. The number of pyridine rings is 1. The van der Waals surface area contributed by atoms with E-state index in [9.17, 15) is 18.0 Å². The summed E-state index contributed by atoms with van der Waals surface area (Å²) in [6, 6.07) is 0.913. The predicted octanol–water partition coefficient (Wildman–Crippen LogP) is 1.50. The highest BCUT2D eigenvalue weighted by Gasteiger charge is 2.33. The molecule has 2 heterocycles. The topological polar surface area (TPSA) is 54.0 Å². The molecule has 19 heavy (non-hydrogen) atoms. The van der Waals surface area contributed by atoms with Gasteiger partial charge in [0.25, 0.3) is 5.91 Å².